The molecule has 3 heteroatoms. The molecule has 1 heterocycles. The second-order valence-electron chi connectivity index (χ2n) is 14.5. The molecule has 264 valence electrons. The topological polar surface area (TPSA) is 43.4 Å². The predicted octanol–water partition coefficient (Wildman–Crippen LogP) is 14.3. The van der Waals surface area contributed by atoms with E-state index in [1.54, 1.807) is 0 Å². The summed E-state index contributed by atoms with van der Waals surface area (Å²) in [5.74, 6) is -0.832. The molecule has 3 nitrogen and oxygen atoms in total. The molecule has 0 amide bonds. The summed E-state index contributed by atoms with van der Waals surface area (Å²) >= 11 is 0. The van der Waals surface area contributed by atoms with E-state index in [1.807, 2.05) is 0 Å². The minimum atomic E-state index is -0.348. The highest BCUT2D eigenvalue weighted by atomic mass is 16.6. The van der Waals surface area contributed by atoms with Crippen LogP contribution in [0.3, 0.4) is 0 Å². The normalized spacial score (nSPS) is 15.1. The van der Waals surface area contributed by atoms with Crippen molar-refractivity contribution in [2.45, 2.75) is 238 Å². The lowest BCUT2D eigenvalue weighted by atomic mass is 9.99. The molecule has 0 aromatic carbocycles. The first-order chi connectivity index (χ1) is 22.2. The summed E-state index contributed by atoms with van der Waals surface area (Å²) in [7, 11) is 0. The van der Waals surface area contributed by atoms with Gasteiger partial charge in [-0.15, -0.1) is 0 Å². The van der Waals surface area contributed by atoms with Crippen molar-refractivity contribution in [2.24, 2.45) is 5.92 Å². The fraction of sp³-hybridized carbons (Fsp3) is 0.905. The van der Waals surface area contributed by atoms with Gasteiger partial charge >= 0.3 is 11.9 Å². The lowest BCUT2D eigenvalue weighted by Crippen LogP contribution is -2.06. The number of esters is 2. The third kappa shape index (κ3) is 30.0. The van der Waals surface area contributed by atoms with E-state index in [4.69, 9.17) is 0 Å². The number of cyclic esters (lactones) is 2. The van der Waals surface area contributed by atoms with Crippen LogP contribution in [0.15, 0.2) is 12.2 Å². The van der Waals surface area contributed by atoms with Crippen LogP contribution in [-0.4, -0.2) is 11.9 Å². The molecule has 45 heavy (non-hydrogen) atoms. The molecule has 0 aromatic heterocycles. The molecule has 1 aliphatic heterocycles. The second-order valence-corrected chi connectivity index (χ2v) is 14.5. The van der Waals surface area contributed by atoms with Gasteiger partial charge in [0.15, 0.2) is 0 Å². The third-order valence-electron chi connectivity index (χ3n) is 10.0. The number of carbonyl (C=O) groups is 2. The van der Waals surface area contributed by atoms with Crippen LogP contribution in [0, 0.1) is 5.92 Å². The van der Waals surface area contributed by atoms with Crippen LogP contribution in [0.2, 0.25) is 0 Å². The number of carbonyl (C=O) groups excluding carboxylic acids is 2. The fourth-order valence-electron chi connectivity index (χ4n) is 6.92. The van der Waals surface area contributed by atoms with E-state index >= 15 is 0 Å². The van der Waals surface area contributed by atoms with Crippen LogP contribution < -0.4 is 0 Å². The summed E-state index contributed by atoms with van der Waals surface area (Å²) in [6, 6.07) is 0. The average molecular weight is 631 g/mol. The molecule has 0 aliphatic carbocycles. The molecule has 1 atom stereocenters. The van der Waals surface area contributed by atoms with Gasteiger partial charge in [0.1, 0.15) is 0 Å². The maximum absolute atomic E-state index is 11.4. The molecule has 1 unspecified atom stereocenters. The number of hydrogen-bond acceptors (Lipinski definition) is 3. The largest absolute Gasteiger partial charge is 0.393 e. The first-order valence-electron chi connectivity index (χ1n) is 20.6. The van der Waals surface area contributed by atoms with Crippen LogP contribution in [0.25, 0.3) is 0 Å². The quantitative estimate of drug-likeness (QED) is 0.0299. The van der Waals surface area contributed by atoms with E-state index in [1.165, 1.54) is 199 Å². The van der Waals surface area contributed by atoms with Crippen LogP contribution in [0.1, 0.15) is 238 Å². The maximum Gasteiger partial charge on any atom is 0.317 e. The lowest BCUT2D eigenvalue weighted by Gasteiger charge is -2.04. The molecule has 0 aromatic rings. The van der Waals surface area contributed by atoms with E-state index < -0.39 is 0 Å². The number of ether oxygens (including phenoxy) is 1. The summed E-state index contributed by atoms with van der Waals surface area (Å²) in [5, 5.41) is 0. The SMILES string of the molecule is CCCCCCCCCCCCCCCCCCCCCCCCCCCCCCC/C=C/CCCCCC1CC(=O)OC1=O. The highest BCUT2D eigenvalue weighted by Gasteiger charge is 2.32. The van der Waals surface area contributed by atoms with Gasteiger partial charge in [0.25, 0.3) is 0 Å². The Morgan fingerprint density at radius 1 is 0.444 bits per heavy atom. The van der Waals surface area contributed by atoms with Gasteiger partial charge in [-0.3, -0.25) is 9.59 Å². The Morgan fingerprint density at radius 2 is 0.733 bits per heavy atom. The van der Waals surface area contributed by atoms with Gasteiger partial charge < -0.3 is 4.74 Å². The average Bonchev–Trinajstić information content (AvgIpc) is 3.36. The molecular formula is C42H78O3. The molecule has 0 radical (unpaired) electrons. The van der Waals surface area contributed by atoms with Crippen molar-refractivity contribution in [3.63, 3.8) is 0 Å². The summed E-state index contributed by atoms with van der Waals surface area (Å²) in [4.78, 5) is 22.5. The van der Waals surface area contributed by atoms with Gasteiger partial charge in [-0.25, -0.2) is 0 Å². The van der Waals surface area contributed by atoms with Crippen molar-refractivity contribution in [2.75, 3.05) is 0 Å². The van der Waals surface area contributed by atoms with Crippen LogP contribution in [0.5, 0.6) is 0 Å². The number of hydrogen-bond donors (Lipinski definition) is 0. The number of allylic oxidation sites excluding steroid dienone is 2. The fourth-order valence-corrected chi connectivity index (χ4v) is 6.92. The van der Waals surface area contributed by atoms with Gasteiger partial charge in [0.05, 0.1) is 12.3 Å². The van der Waals surface area contributed by atoms with E-state index in [-0.39, 0.29) is 17.9 Å². The van der Waals surface area contributed by atoms with E-state index in [0.29, 0.717) is 6.42 Å². The first kappa shape index (κ1) is 41.9. The zero-order chi connectivity index (χ0) is 32.3. The van der Waals surface area contributed by atoms with Crippen molar-refractivity contribution < 1.29 is 14.3 Å². The zero-order valence-corrected chi connectivity index (χ0v) is 30.4. The zero-order valence-electron chi connectivity index (χ0n) is 30.4. The van der Waals surface area contributed by atoms with Crippen LogP contribution in [-0.2, 0) is 14.3 Å². The van der Waals surface area contributed by atoms with Crippen molar-refractivity contribution in [3.05, 3.63) is 12.2 Å². The third-order valence-corrected chi connectivity index (χ3v) is 10.0. The van der Waals surface area contributed by atoms with Crippen LogP contribution in [0.4, 0.5) is 0 Å². The standard InChI is InChI=1S/C42H78O3/c1-2-3-4-5-6-7-8-9-10-11-12-13-14-15-16-17-18-19-20-21-22-23-24-25-26-27-28-29-30-31-32-33-34-35-36-37-38-40-39-41(43)45-42(40)44/h32-33,40H,2-31,34-39H2,1H3/b33-32+. The maximum atomic E-state index is 11.4. The molecule has 0 saturated carbocycles. The number of unbranched alkanes of at least 4 members (excludes halogenated alkanes) is 32. The van der Waals surface area contributed by atoms with Gasteiger partial charge in [-0.2, -0.15) is 0 Å². The summed E-state index contributed by atoms with van der Waals surface area (Å²) in [6.45, 7) is 2.30. The highest BCUT2D eigenvalue weighted by Crippen LogP contribution is 2.22. The van der Waals surface area contributed by atoms with Crippen molar-refractivity contribution in [1.82, 2.24) is 0 Å². The van der Waals surface area contributed by atoms with E-state index in [2.05, 4.69) is 23.8 Å². The first-order valence-corrected chi connectivity index (χ1v) is 20.6. The molecule has 0 spiro atoms. The Morgan fingerprint density at radius 3 is 1.02 bits per heavy atom. The van der Waals surface area contributed by atoms with Crippen molar-refractivity contribution >= 4 is 11.9 Å². The Balaban J connectivity index is 1.64. The second kappa shape index (κ2) is 34.2. The summed E-state index contributed by atoms with van der Waals surface area (Å²) < 4.78 is 4.61. The molecule has 0 bridgehead atoms. The van der Waals surface area contributed by atoms with Crippen molar-refractivity contribution in [1.29, 1.82) is 0 Å². The van der Waals surface area contributed by atoms with E-state index in [0.717, 1.165) is 25.7 Å². The van der Waals surface area contributed by atoms with E-state index in [9.17, 15) is 9.59 Å². The molecule has 1 aliphatic rings. The molecule has 0 N–H and O–H groups in total. The molecule has 1 saturated heterocycles. The van der Waals surface area contributed by atoms with Crippen molar-refractivity contribution in [3.8, 4) is 0 Å². The summed E-state index contributed by atoms with van der Waals surface area (Å²) in [5.41, 5.74) is 0. The van der Waals surface area contributed by atoms with Gasteiger partial charge in [-0.05, 0) is 32.1 Å². The molecule has 1 rings (SSSR count). The number of rotatable bonds is 36. The minimum Gasteiger partial charge on any atom is -0.393 e. The Hall–Kier alpha value is -1.12. The Labute approximate surface area is 281 Å². The summed E-state index contributed by atoms with van der Waals surface area (Å²) in [6.07, 6.45) is 53.5. The molecular weight excluding hydrogens is 552 g/mol. The molecule has 1 fully saturated rings. The predicted molar refractivity (Wildman–Crippen MR) is 196 cm³/mol. The Kier molecular flexibility index (Phi) is 31.9. The smallest absolute Gasteiger partial charge is 0.317 e. The van der Waals surface area contributed by atoms with Gasteiger partial charge in [-0.1, -0.05) is 212 Å². The Bertz CT molecular complexity index is 669. The van der Waals surface area contributed by atoms with Gasteiger partial charge in [0, 0.05) is 0 Å². The lowest BCUT2D eigenvalue weighted by molar-refractivity contribution is -0.153. The van der Waals surface area contributed by atoms with Gasteiger partial charge in [0.2, 0.25) is 0 Å². The highest BCUT2D eigenvalue weighted by molar-refractivity contribution is 5.94. The monoisotopic (exact) mass is 631 g/mol. The van der Waals surface area contributed by atoms with Crippen LogP contribution >= 0.6 is 0 Å². The minimum absolute atomic E-state index is 0.175.